The maximum atomic E-state index is 5.60. The molecule has 1 fully saturated rings. The third kappa shape index (κ3) is 8.34. The fourth-order valence-corrected chi connectivity index (χ4v) is 4.00. The number of nitrogens with one attached hydrogen (secondary N) is 3. The van der Waals surface area contributed by atoms with Gasteiger partial charge >= 0.3 is 0 Å². The fourth-order valence-electron chi connectivity index (χ4n) is 3.48. The predicted octanol–water partition coefficient (Wildman–Crippen LogP) is 3.79. The van der Waals surface area contributed by atoms with Gasteiger partial charge in [-0.25, -0.2) is 0 Å². The molecule has 0 spiro atoms. The fraction of sp³-hybridized carbons (Fsp3) is 0.417. The molecule has 0 radical (unpaired) electrons. The minimum absolute atomic E-state index is 0.624. The van der Waals surface area contributed by atoms with Gasteiger partial charge in [0.05, 0.1) is 13.2 Å². The smallest absolute Gasteiger partial charge is 0.173 e. The highest BCUT2D eigenvalue weighted by atomic mass is 32.1. The molecule has 1 saturated heterocycles. The summed E-state index contributed by atoms with van der Waals surface area (Å²) in [6.45, 7) is 10.7. The molecule has 3 N–H and O–H groups in total. The van der Waals surface area contributed by atoms with E-state index in [0.717, 1.165) is 67.3 Å². The Labute approximate surface area is 207 Å². The number of anilines is 2. The van der Waals surface area contributed by atoms with Gasteiger partial charge in [0.25, 0.3) is 0 Å². The van der Waals surface area contributed by atoms with Crippen LogP contribution in [0.2, 0.25) is 0 Å². The Bertz CT molecular complexity index is 882. The van der Waals surface area contributed by atoms with E-state index in [1.54, 1.807) is 0 Å². The first-order chi connectivity index (χ1) is 16.1. The molecule has 0 unspecified atom stereocenters. The van der Waals surface area contributed by atoms with Crippen LogP contribution in [0.25, 0.3) is 0 Å². The van der Waals surface area contributed by atoms with Gasteiger partial charge < -0.3 is 30.3 Å². The van der Waals surface area contributed by atoms with E-state index in [-0.39, 0.29) is 0 Å². The molecule has 178 valence electrons. The number of nitrogens with zero attached hydrogens (tertiary/aromatic N) is 2. The zero-order valence-corrected chi connectivity index (χ0v) is 20.9. The van der Waals surface area contributed by atoms with Gasteiger partial charge in [0.1, 0.15) is 11.5 Å². The van der Waals surface area contributed by atoms with E-state index in [4.69, 9.17) is 33.9 Å². The van der Waals surface area contributed by atoms with Crippen LogP contribution in [0.4, 0.5) is 11.4 Å². The van der Waals surface area contributed by atoms with E-state index >= 15 is 0 Å². The molecule has 0 atom stereocenters. The molecule has 2 aromatic rings. The lowest BCUT2D eigenvalue weighted by Crippen LogP contribution is -2.51. The van der Waals surface area contributed by atoms with E-state index in [0.29, 0.717) is 18.3 Å². The SMILES string of the molecule is CCOc1ccc(NC(=S)NCCN2CCN(C(=S)Nc3ccc(OCC)cc3)CC2)cc1. The van der Waals surface area contributed by atoms with Crippen LogP contribution in [-0.4, -0.2) is 72.5 Å². The molecule has 0 bridgehead atoms. The molecule has 33 heavy (non-hydrogen) atoms. The topological polar surface area (TPSA) is 61.0 Å². The van der Waals surface area contributed by atoms with Crippen molar-refractivity contribution >= 4 is 46.0 Å². The monoisotopic (exact) mass is 487 g/mol. The van der Waals surface area contributed by atoms with Gasteiger partial charge in [0.2, 0.25) is 0 Å². The summed E-state index contributed by atoms with van der Waals surface area (Å²) in [5.41, 5.74) is 1.92. The average Bonchev–Trinajstić information content (AvgIpc) is 2.82. The molecule has 2 aromatic carbocycles. The van der Waals surface area contributed by atoms with E-state index < -0.39 is 0 Å². The summed E-state index contributed by atoms with van der Waals surface area (Å²) in [7, 11) is 0. The molecule has 0 aliphatic carbocycles. The zero-order valence-electron chi connectivity index (χ0n) is 19.3. The molecular formula is C24H33N5O2S2. The Morgan fingerprint density at radius 2 is 1.30 bits per heavy atom. The molecule has 1 heterocycles. The van der Waals surface area contributed by atoms with Crippen molar-refractivity contribution < 1.29 is 9.47 Å². The quantitative estimate of drug-likeness (QED) is 0.459. The largest absolute Gasteiger partial charge is 0.494 e. The molecule has 0 amide bonds. The van der Waals surface area contributed by atoms with Gasteiger partial charge in [-0.15, -0.1) is 0 Å². The third-order valence-corrected chi connectivity index (χ3v) is 5.82. The summed E-state index contributed by atoms with van der Waals surface area (Å²) in [6.07, 6.45) is 0. The number of hydrogen-bond donors (Lipinski definition) is 3. The lowest BCUT2D eigenvalue weighted by Gasteiger charge is -2.36. The van der Waals surface area contributed by atoms with Crippen molar-refractivity contribution in [1.82, 2.24) is 15.1 Å². The second-order valence-corrected chi connectivity index (χ2v) is 8.35. The first-order valence-corrected chi connectivity index (χ1v) is 12.2. The molecule has 7 nitrogen and oxygen atoms in total. The Balaban J connectivity index is 1.32. The lowest BCUT2D eigenvalue weighted by atomic mass is 10.3. The Hall–Kier alpha value is -2.62. The Morgan fingerprint density at radius 3 is 1.82 bits per heavy atom. The highest BCUT2D eigenvalue weighted by Crippen LogP contribution is 2.17. The van der Waals surface area contributed by atoms with E-state index in [2.05, 4.69) is 25.8 Å². The summed E-state index contributed by atoms with van der Waals surface area (Å²) in [6, 6.07) is 15.7. The Kier molecular flexibility index (Phi) is 9.99. The van der Waals surface area contributed by atoms with Gasteiger partial charge in [0, 0.05) is 50.6 Å². The van der Waals surface area contributed by atoms with Gasteiger partial charge in [-0.3, -0.25) is 4.90 Å². The number of ether oxygens (including phenoxy) is 2. The molecule has 1 aliphatic heterocycles. The van der Waals surface area contributed by atoms with Gasteiger partial charge in [-0.1, -0.05) is 0 Å². The van der Waals surface area contributed by atoms with Crippen molar-refractivity contribution in [2.45, 2.75) is 13.8 Å². The summed E-state index contributed by atoms with van der Waals surface area (Å²) in [5.74, 6) is 1.72. The number of benzene rings is 2. The normalized spacial score (nSPS) is 13.8. The van der Waals surface area contributed by atoms with Gasteiger partial charge in [0.15, 0.2) is 10.2 Å². The van der Waals surface area contributed by atoms with Crippen molar-refractivity contribution in [3.8, 4) is 11.5 Å². The minimum Gasteiger partial charge on any atom is -0.494 e. The first-order valence-electron chi connectivity index (χ1n) is 11.4. The lowest BCUT2D eigenvalue weighted by molar-refractivity contribution is 0.186. The van der Waals surface area contributed by atoms with Crippen LogP contribution in [-0.2, 0) is 0 Å². The van der Waals surface area contributed by atoms with Crippen LogP contribution >= 0.6 is 24.4 Å². The molecule has 1 aliphatic rings. The second kappa shape index (κ2) is 13.2. The van der Waals surface area contributed by atoms with Crippen LogP contribution in [0.3, 0.4) is 0 Å². The van der Waals surface area contributed by atoms with E-state index in [1.807, 2.05) is 62.4 Å². The summed E-state index contributed by atoms with van der Waals surface area (Å²) < 4.78 is 10.9. The standard InChI is InChI=1S/C24H33N5O2S2/c1-3-30-21-9-5-19(6-10-21)26-23(32)25-13-14-28-15-17-29(18-16-28)24(33)27-20-7-11-22(12-8-20)31-4-2/h5-12H,3-4,13-18H2,1-2H3,(H,27,33)(H2,25,26,32). The van der Waals surface area contributed by atoms with Crippen LogP contribution in [0, 0.1) is 0 Å². The Morgan fingerprint density at radius 1 is 0.788 bits per heavy atom. The maximum absolute atomic E-state index is 5.60. The van der Waals surface area contributed by atoms with Crippen molar-refractivity contribution in [1.29, 1.82) is 0 Å². The van der Waals surface area contributed by atoms with Crippen molar-refractivity contribution in [3.63, 3.8) is 0 Å². The van der Waals surface area contributed by atoms with E-state index in [9.17, 15) is 0 Å². The predicted molar refractivity (Wildman–Crippen MR) is 144 cm³/mol. The number of hydrogen-bond acceptors (Lipinski definition) is 5. The third-order valence-electron chi connectivity index (χ3n) is 5.21. The summed E-state index contributed by atoms with van der Waals surface area (Å²) in [4.78, 5) is 4.64. The summed E-state index contributed by atoms with van der Waals surface area (Å²) >= 11 is 11.0. The molecule has 9 heteroatoms. The molecule has 3 rings (SSSR count). The van der Waals surface area contributed by atoms with Crippen LogP contribution in [0.5, 0.6) is 11.5 Å². The highest BCUT2D eigenvalue weighted by Gasteiger charge is 2.18. The van der Waals surface area contributed by atoms with Crippen LogP contribution in [0.15, 0.2) is 48.5 Å². The second-order valence-electron chi connectivity index (χ2n) is 7.55. The van der Waals surface area contributed by atoms with Crippen molar-refractivity contribution in [2.75, 3.05) is 63.1 Å². The van der Waals surface area contributed by atoms with Crippen molar-refractivity contribution in [2.24, 2.45) is 0 Å². The minimum atomic E-state index is 0.624. The molecular weight excluding hydrogens is 454 g/mol. The number of rotatable bonds is 9. The number of piperazine rings is 1. The highest BCUT2D eigenvalue weighted by molar-refractivity contribution is 7.80. The maximum Gasteiger partial charge on any atom is 0.173 e. The molecule has 0 saturated carbocycles. The molecule has 0 aromatic heterocycles. The van der Waals surface area contributed by atoms with Crippen LogP contribution in [0.1, 0.15) is 13.8 Å². The average molecular weight is 488 g/mol. The van der Waals surface area contributed by atoms with E-state index in [1.165, 1.54) is 0 Å². The van der Waals surface area contributed by atoms with Gasteiger partial charge in [-0.2, -0.15) is 0 Å². The van der Waals surface area contributed by atoms with Crippen molar-refractivity contribution in [3.05, 3.63) is 48.5 Å². The first kappa shape index (κ1) is 25.0. The van der Waals surface area contributed by atoms with Crippen LogP contribution < -0.4 is 25.4 Å². The van der Waals surface area contributed by atoms with Gasteiger partial charge in [-0.05, 0) is 86.8 Å². The zero-order chi connectivity index (χ0) is 23.5. The summed E-state index contributed by atoms with van der Waals surface area (Å²) in [5, 5.41) is 11.2. The number of thiocarbonyl (C=S) groups is 2.